The van der Waals surface area contributed by atoms with Gasteiger partial charge in [0, 0.05) is 44.3 Å². The van der Waals surface area contributed by atoms with Gasteiger partial charge in [0.15, 0.2) is 0 Å². The summed E-state index contributed by atoms with van der Waals surface area (Å²) in [5, 5.41) is 0. The summed E-state index contributed by atoms with van der Waals surface area (Å²) in [7, 11) is 0. The van der Waals surface area contributed by atoms with Gasteiger partial charge in [-0.1, -0.05) is 0 Å². The fraction of sp³-hybridized carbons (Fsp3) is 0.571. The fourth-order valence-corrected chi connectivity index (χ4v) is 2.82. The predicted molar refractivity (Wildman–Crippen MR) is 76.0 cm³/mol. The van der Waals surface area contributed by atoms with E-state index in [1.807, 2.05) is 0 Å². The number of benzene rings is 1. The van der Waals surface area contributed by atoms with Gasteiger partial charge in [-0.2, -0.15) is 0 Å². The Balaban J connectivity index is 2.02. The van der Waals surface area contributed by atoms with E-state index in [2.05, 4.69) is 39.6 Å². The van der Waals surface area contributed by atoms with E-state index in [1.54, 1.807) is 0 Å². The summed E-state index contributed by atoms with van der Waals surface area (Å²) in [6, 6.07) is 2.89. The van der Waals surface area contributed by atoms with Gasteiger partial charge in [-0.3, -0.25) is 9.80 Å². The maximum Gasteiger partial charge on any atom is 0.137 e. The summed E-state index contributed by atoms with van der Waals surface area (Å²) >= 11 is 3.14. The van der Waals surface area contributed by atoms with E-state index in [0.717, 1.165) is 32.2 Å². The van der Waals surface area contributed by atoms with Crippen molar-refractivity contribution in [3.8, 4) is 0 Å². The van der Waals surface area contributed by atoms with Crippen LogP contribution >= 0.6 is 15.9 Å². The van der Waals surface area contributed by atoms with Gasteiger partial charge in [0.2, 0.25) is 0 Å². The van der Waals surface area contributed by atoms with Crippen molar-refractivity contribution in [3.63, 3.8) is 0 Å². The monoisotopic (exact) mass is 332 g/mol. The average molecular weight is 333 g/mol. The van der Waals surface area contributed by atoms with Gasteiger partial charge in [-0.15, -0.1) is 0 Å². The van der Waals surface area contributed by atoms with Crippen molar-refractivity contribution >= 4 is 15.9 Å². The molecular weight excluding hydrogens is 314 g/mol. The average Bonchev–Trinajstić information content (AvgIpc) is 2.40. The molecule has 1 heterocycles. The third-order valence-electron chi connectivity index (χ3n) is 3.66. The van der Waals surface area contributed by atoms with Crippen molar-refractivity contribution in [2.75, 3.05) is 26.2 Å². The summed E-state index contributed by atoms with van der Waals surface area (Å²) in [6.45, 7) is 8.55. The molecule has 1 fully saturated rings. The molecule has 0 spiro atoms. The van der Waals surface area contributed by atoms with Crippen molar-refractivity contribution in [1.82, 2.24) is 9.80 Å². The van der Waals surface area contributed by atoms with E-state index >= 15 is 0 Å². The predicted octanol–water partition coefficient (Wildman–Crippen LogP) is 3.25. The van der Waals surface area contributed by atoms with E-state index in [9.17, 15) is 8.78 Å². The summed E-state index contributed by atoms with van der Waals surface area (Å²) < 4.78 is 27.4. The molecule has 0 unspecified atom stereocenters. The lowest BCUT2D eigenvalue weighted by Crippen LogP contribution is -2.48. The van der Waals surface area contributed by atoms with Crippen molar-refractivity contribution in [2.24, 2.45) is 0 Å². The molecule has 1 aliphatic heterocycles. The topological polar surface area (TPSA) is 6.48 Å². The Morgan fingerprint density at radius 1 is 1.11 bits per heavy atom. The van der Waals surface area contributed by atoms with Gasteiger partial charge in [-0.05, 0) is 41.9 Å². The SMILES string of the molecule is CC(C)N1CCN(Cc2c(F)ccc(F)c2Br)CC1. The molecule has 1 aliphatic rings. The molecular formula is C14H19BrF2N2. The van der Waals surface area contributed by atoms with Crippen LogP contribution in [0.1, 0.15) is 19.4 Å². The Morgan fingerprint density at radius 3 is 2.26 bits per heavy atom. The summed E-state index contributed by atoms with van der Waals surface area (Å²) in [5.41, 5.74) is 0.415. The third-order valence-corrected chi connectivity index (χ3v) is 4.52. The van der Waals surface area contributed by atoms with Crippen LogP contribution in [0, 0.1) is 11.6 Å². The zero-order valence-electron chi connectivity index (χ0n) is 11.3. The Kier molecular flexibility index (Phi) is 4.92. The lowest BCUT2D eigenvalue weighted by molar-refractivity contribution is 0.103. The van der Waals surface area contributed by atoms with Crippen LogP contribution in [-0.2, 0) is 6.54 Å². The maximum absolute atomic E-state index is 13.8. The van der Waals surface area contributed by atoms with Gasteiger partial charge in [0.1, 0.15) is 11.6 Å². The number of rotatable bonds is 3. The number of piperazine rings is 1. The van der Waals surface area contributed by atoms with Crippen LogP contribution in [0.4, 0.5) is 8.78 Å². The highest BCUT2D eigenvalue weighted by Gasteiger charge is 2.21. The molecule has 2 nitrogen and oxygen atoms in total. The van der Waals surface area contributed by atoms with E-state index < -0.39 is 5.82 Å². The van der Waals surface area contributed by atoms with Gasteiger partial charge >= 0.3 is 0 Å². The van der Waals surface area contributed by atoms with Crippen molar-refractivity contribution < 1.29 is 8.78 Å². The second kappa shape index (κ2) is 6.29. The zero-order valence-corrected chi connectivity index (χ0v) is 12.9. The quantitative estimate of drug-likeness (QED) is 0.784. The van der Waals surface area contributed by atoms with E-state index in [4.69, 9.17) is 0 Å². The molecule has 2 rings (SSSR count). The van der Waals surface area contributed by atoms with Gasteiger partial charge in [0.05, 0.1) is 4.47 Å². The Hall–Kier alpha value is -0.520. The van der Waals surface area contributed by atoms with E-state index in [0.29, 0.717) is 18.2 Å². The first-order valence-corrected chi connectivity index (χ1v) is 7.37. The molecule has 0 saturated carbocycles. The molecule has 1 saturated heterocycles. The highest BCUT2D eigenvalue weighted by atomic mass is 79.9. The van der Waals surface area contributed by atoms with Gasteiger partial charge in [-0.25, -0.2) is 8.78 Å². The Morgan fingerprint density at radius 2 is 1.68 bits per heavy atom. The molecule has 0 N–H and O–H groups in total. The second-order valence-corrected chi connectivity index (χ2v) is 6.02. The van der Waals surface area contributed by atoms with E-state index in [1.165, 1.54) is 6.07 Å². The minimum Gasteiger partial charge on any atom is -0.298 e. The van der Waals surface area contributed by atoms with Gasteiger partial charge in [0.25, 0.3) is 0 Å². The van der Waals surface area contributed by atoms with Crippen molar-refractivity contribution in [2.45, 2.75) is 26.4 Å². The lowest BCUT2D eigenvalue weighted by atomic mass is 10.1. The number of nitrogens with zero attached hydrogens (tertiary/aromatic N) is 2. The van der Waals surface area contributed by atoms with Gasteiger partial charge < -0.3 is 0 Å². The smallest absolute Gasteiger partial charge is 0.137 e. The van der Waals surface area contributed by atoms with Crippen LogP contribution in [-0.4, -0.2) is 42.0 Å². The Bertz CT molecular complexity index is 443. The van der Waals surface area contributed by atoms with E-state index in [-0.39, 0.29) is 10.3 Å². The molecule has 0 aromatic heterocycles. The molecule has 0 amide bonds. The molecule has 106 valence electrons. The molecule has 1 aromatic carbocycles. The zero-order chi connectivity index (χ0) is 14.0. The van der Waals surface area contributed by atoms with Crippen LogP contribution in [0.3, 0.4) is 0 Å². The minimum absolute atomic E-state index is 0.249. The normalized spacial score (nSPS) is 18.2. The summed E-state index contributed by atoms with van der Waals surface area (Å²) in [5.74, 6) is -0.753. The number of hydrogen-bond acceptors (Lipinski definition) is 2. The summed E-state index contributed by atoms with van der Waals surface area (Å²) in [4.78, 5) is 4.56. The second-order valence-electron chi connectivity index (χ2n) is 5.23. The molecule has 0 atom stereocenters. The van der Waals surface area contributed by atoms with Crippen LogP contribution in [0.25, 0.3) is 0 Å². The highest BCUT2D eigenvalue weighted by molar-refractivity contribution is 9.10. The molecule has 5 heteroatoms. The largest absolute Gasteiger partial charge is 0.298 e. The summed E-state index contributed by atoms with van der Waals surface area (Å²) in [6.07, 6.45) is 0. The molecule has 1 aromatic rings. The third kappa shape index (κ3) is 3.52. The van der Waals surface area contributed by atoms with Crippen LogP contribution < -0.4 is 0 Å². The number of halogens is 3. The molecule has 0 radical (unpaired) electrons. The first kappa shape index (κ1) is 14.9. The minimum atomic E-state index is -0.405. The molecule has 0 bridgehead atoms. The van der Waals surface area contributed by atoms with Crippen LogP contribution in [0.15, 0.2) is 16.6 Å². The fourth-order valence-electron chi connectivity index (χ4n) is 2.38. The highest BCUT2D eigenvalue weighted by Crippen LogP contribution is 2.25. The molecule has 19 heavy (non-hydrogen) atoms. The van der Waals surface area contributed by atoms with Crippen LogP contribution in [0.5, 0.6) is 0 Å². The standard InChI is InChI=1S/C14H19BrF2N2/c1-10(2)19-7-5-18(6-8-19)9-11-12(16)3-4-13(17)14(11)15/h3-4,10H,5-9H2,1-2H3. The molecule has 0 aliphatic carbocycles. The van der Waals surface area contributed by atoms with Crippen molar-refractivity contribution in [1.29, 1.82) is 0 Å². The first-order valence-electron chi connectivity index (χ1n) is 6.58. The maximum atomic E-state index is 13.8. The van der Waals surface area contributed by atoms with Crippen molar-refractivity contribution in [3.05, 3.63) is 33.8 Å². The number of hydrogen-bond donors (Lipinski definition) is 0. The Labute approximate surface area is 121 Å². The first-order chi connectivity index (χ1) is 8.99. The lowest BCUT2D eigenvalue weighted by Gasteiger charge is -2.37. The van der Waals surface area contributed by atoms with Crippen LogP contribution in [0.2, 0.25) is 0 Å².